The number of hydrogen-bond donors (Lipinski definition) is 1. The number of anilines is 1. The number of tetrazole rings is 1. The topological polar surface area (TPSA) is 81.9 Å². The molecule has 2 aromatic carbocycles. The van der Waals surface area contributed by atoms with Gasteiger partial charge in [-0.2, -0.15) is 4.68 Å². The molecular formula is C18H18ClN5O2S. The lowest BCUT2D eigenvalue weighted by atomic mass is 10.1. The number of halogens is 1. The number of amides is 1. The van der Waals surface area contributed by atoms with Gasteiger partial charge in [0.1, 0.15) is 5.75 Å². The van der Waals surface area contributed by atoms with Crippen molar-refractivity contribution in [1.82, 2.24) is 20.2 Å². The van der Waals surface area contributed by atoms with Gasteiger partial charge in [0.2, 0.25) is 11.1 Å². The molecular weight excluding hydrogens is 386 g/mol. The van der Waals surface area contributed by atoms with E-state index in [1.54, 1.807) is 22.9 Å². The Bertz CT molecular complexity index is 976. The second-order valence-electron chi connectivity index (χ2n) is 5.77. The van der Waals surface area contributed by atoms with Crippen molar-refractivity contribution in [2.45, 2.75) is 19.0 Å². The van der Waals surface area contributed by atoms with E-state index in [2.05, 4.69) is 20.8 Å². The fraction of sp³-hybridized carbons (Fsp3) is 0.222. The maximum absolute atomic E-state index is 12.3. The molecule has 0 spiro atoms. The zero-order chi connectivity index (χ0) is 19.4. The molecule has 0 radical (unpaired) electrons. The van der Waals surface area contributed by atoms with Crippen LogP contribution in [-0.4, -0.2) is 39.0 Å². The van der Waals surface area contributed by atoms with Crippen molar-refractivity contribution < 1.29 is 9.53 Å². The van der Waals surface area contributed by atoms with Gasteiger partial charge in [-0.05, 0) is 59.7 Å². The van der Waals surface area contributed by atoms with Gasteiger partial charge in [0.25, 0.3) is 0 Å². The summed E-state index contributed by atoms with van der Waals surface area (Å²) in [5.74, 6) is 0.468. The third-order valence-corrected chi connectivity index (χ3v) is 5.17. The van der Waals surface area contributed by atoms with Crippen molar-refractivity contribution in [2.24, 2.45) is 0 Å². The number of ether oxygens (including phenoxy) is 1. The van der Waals surface area contributed by atoms with Crippen LogP contribution < -0.4 is 10.1 Å². The molecule has 0 saturated carbocycles. The monoisotopic (exact) mass is 403 g/mol. The van der Waals surface area contributed by atoms with Crippen molar-refractivity contribution in [3.8, 4) is 11.4 Å². The number of aryl methyl sites for hydroxylation is 1. The molecule has 7 nitrogen and oxygen atoms in total. The van der Waals surface area contributed by atoms with Crippen molar-refractivity contribution >= 4 is 35.0 Å². The lowest BCUT2D eigenvalue weighted by Gasteiger charge is -2.11. The van der Waals surface area contributed by atoms with Crippen LogP contribution in [0.5, 0.6) is 5.75 Å². The summed E-state index contributed by atoms with van der Waals surface area (Å²) in [6.07, 6.45) is 0. The van der Waals surface area contributed by atoms with E-state index < -0.39 is 0 Å². The highest BCUT2D eigenvalue weighted by molar-refractivity contribution is 7.99. The van der Waals surface area contributed by atoms with Gasteiger partial charge >= 0.3 is 0 Å². The molecule has 9 heteroatoms. The third-order valence-electron chi connectivity index (χ3n) is 4.01. The van der Waals surface area contributed by atoms with Gasteiger partial charge in [0.15, 0.2) is 0 Å². The van der Waals surface area contributed by atoms with E-state index in [0.717, 1.165) is 16.8 Å². The fourth-order valence-corrected chi connectivity index (χ4v) is 3.34. The maximum atomic E-state index is 12.3. The molecule has 0 aliphatic carbocycles. The number of rotatable bonds is 6. The second kappa shape index (κ2) is 8.41. The van der Waals surface area contributed by atoms with Crippen LogP contribution >= 0.6 is 23.4 Å². The van der Waals surface area contributed by atoms with Gasteiger partial charge in [-0.15, -0.1) is 5.10 Å². The molecule has 27 heavy (non-hydrogen) atoms. The Morgan fingerprint density at radius 2 is 2.11 bits per heavy atom. The van der Waals surface area contributed by atoms with E-state index >= 15 is 0 Å². The number of hydrogen-bond acceptors (Lipinski definition) is 6. The number of methoxy groups -OCH3 is 1. The number of benzene rings is 2. The molecule has 0 saturated heterocycles. The maximum Gasteiger partial charge on any atom is 0.234 e. The van der Waals surface area contributed by atoms with Gasteiger partial charge in [0.05, 0.1) is 24.2 Å². The van der Waals surface area contributed by atoms with Crippen LogP contribution in [0.25, 0.3) is 5.69 Å². The molecule has 0 aliphatic rings. The molecule has 0 atom stereocenters. The molecule has 1 aromatic heterocycles. The quantitative estimate of drug-likeness (QED) is 0.632. The van der Waals surface area contributed by atoms with Gasteiger partial charge in [-0.1, -0.05) is 35.5 Å². The molecule has 3 aromatic rings. The van der Waals surface area contributed by atoms with Gasteiger partial charge in [0, 0.05) is 5.02 Å². The molecule has 0 bridgehead atoms. The Kier molecular flexibility index (Phi) is 5.98. The van der Waals surface area contributed by atoms with Gasteiger partial charge in [-0.3, -0.25) is 4.79 Å². The van der Waals surface area contributed by atoms with E-state index in [1.165, 1.54) is 18.9 Å². The summed E-state index contributed by atoms with van der Waals surface area (Å²) in [5.41, 5.74) is 3.63. The minimum Gasteiger partial charge on any atom is -0.495 e. The summed E-state index contributed by atoms with van der Waals surface area (Å²) >= 11 is 7.24. The minimum absolute atomic E-state index is 0.140. The Morgan fingerprint density at radius 3 is 2.89 bits per heavy atom. The average Bonchev–Trinajstić information content (AvgIpc) is 3.11. The minimum atomic E-state index is -0.212. The van der Waals surface area contributed by atoms with Crippen molar-refractivity contribution in [2.75, 3.05) is 18.2 Å². The molecule has 0 aliphatic heterocycles. The van der Waals surface area contributed by atoms with E-state index in [1.807, 2.05) is 32.0 Å². The SMILES string of the molecule is COc1ccc(Cl)cc1NC(=O)CSc1nnnn1-c1cccc(C)c1C. The lowest BCUT2D eigenvalue weighted by Crippen LogP contribution is -2.15. The van der Waals surface area contributed by atoms with E-state index in [4.69, 9.17) is 16.3 Å². The fourth-order valence-electron chi connectivity index (χ4n) is 2.48. The van der Waals surface area contributed by atoms with Crippen molar-refractivity contribution in [3.05, 3.63) is 52.5 Å². The highest BCUT2D eigenvalue weighted by Gasteiger charge is 2.15. The molecule has 1 amide bonds. The highest BCUT2D eigenvalue weighted by Crippen LogP contribution is 2.28. The molecule has 3 rings (SSSR count). The number of nitrogens with zero attached hydrogens (tertiary/aromatic N) is 4. The average molecular weight is 404 g/mol. The summed E-state index contributed by atoms with van der Waals surface area (Å²) in [4.78, 5) is 12.3. The van der Waals surface area contributed by atoms with Crippen LogP contribution in [-0.2, 0) is 4.79 Å². The van der Waals surface area contributed by atoms with Crippen LogP contribution in [0.2, 0.25) is 5.02 Å². The molecule has 140 valence electrons. The number of aromatic nitrogens is 4. The summed E-state index contributed by atoms with van der Waals surface area (Å²) in [5, 5.41) is 15.7. The Labute approximate surface area is 166 Å². The van der Waals surface area contributed by atoms with Crippen molar-refractivity contribution in [3.63, 3.8) is 0 Å². The predicted molar refractivity (Wildman–Crippen MR) is 106 cm³/mol. The third kappa shape index (κ3) is 4.40. The number of thioether (sulfide) groups is 1. The van der Waals surface area contributed by atoms with E-state index in [0.29, 0.717) is 21.6 Å². The van der Waals surface area contributed by atoms with Crippen LogP contribution in [0.15, 0.2) is 41.6 Å². The Balaban J connectivity index is 1.71. The number of carbonyl (C=O) groups is 1. The molecule has 1 heterocycles. The first kappa shape index (κ1) is 19.2. The Hall–Kier alpha value is -2.58. The summed E-state index contributed by atoms with van der Waals surface area (Å²) < 4.78 is 6.88. The molecule has 0 unspecified atom stereocenters. The van der Waals surface area contributed by atoms with Crippen LogP contribution in [0.1, 0.15) is 11.1 Å². The standard InChI is InChI=1S/C18H18ClN5O2S/c1-11-5-4-6-15(12(11)2)24-18(21-22-23-24)27-10-17(25)20-14-9-13(19)7-8-16(14)26-3/h4-9H,10H2,1-3H3,(H,20,25). The second-order valence-corrected chi connectivity index (χ2v) is 7.15. The summed E-state index contributed by atoms with van der Waals surface area (Å²) in [7, 11) is 1.53. The highest BCUT2D eigenvalue weighted by atomic mass is 35.5. The summed E-state index contributed by atoms with van der Waals surface area (Å²) in [6.45, 7) is 4.04. The largest absolute Gasteiger partial charge is 0.495 e. The van der Waals surface area contributed by atoms with Crippen LogP contribution in [0.4, 0.5) is 5.69 Å². The smallest absolute Gasteiger partial charge is 0.234 e. The van der Waals surface area contributed by atoms with Crippen LogP contribution in [0, 0.1) is 13.8 Å². The van der Waals surface area contributed by atoms with Gasteiger partial charge in [-0.25, -0.2) is 0 Å². The Morgan fingerprint density at radius 1 is 1.30 bits per heavy atom. The first-order chi connectivity index (χ1) is 13.0. The molecule has 0 fully saturated rings. The van der Waals surface area contributed by atoms with E-state index in [9.17, 15) is 4.79 Å². The van der Waals surface area contributed by atoms with E-state index in [-0.39, 0.29) is 11.7 Å². The first-order valence-corrected chi connectivity index (χ1v) is 9.47. The first-order valence-electron chi connectivity index (χ1n) is 8.10. The van der Waals surface area contributed by atoms with Crippen LogP contribution in [0.3, 0.4) is 0 Å². The lowest BCUT2D eigenvalue weighted by molar-refractivity contribution is -0.113. The number of nitrogens with one attached hydrogen (secondary N) is 1. The van der Waals surface area contributed by atoms with Gasteiger partial charge < -0.3 is 10.1 Å². The number of carbonyl (C=O) groups excluding carboxylic acids is 1. The van der Waals surface area contributed by atoms with Crippen molar-refractivity contribution in [1.29, 1.82) is 0 Å². The summed E-state index contributed by atoms with van der Waals surface area (Å²) in [6, 6.07) is 11.0. The zero-order valence-corrected chi connectivity index (χ0v) is 16.6. The predicted octanol–water partition coefficient (Wildman–Crippen LogP) is 3.67. The zero-order valence-electron chi connectivity index (χ0n) is 15.1. The normalized spacial score (nSPS) is 10.7. The molecule has 1 N–H and O–H groups in total.